The molecule has 0 saturated heterocycles. The number of halogens is 1. The average molecular weight is 334 g/mol. The van der Waals surface area contributed by atoms with Crippen molar-refractivity contribution in [1.29, 1.82) is 0 Å². The van der Waals surface area contributed by atoms with E-state index in [0.717, 1.165) is 5.56 Å². The summed E-state index contributed by atoms with van der Waals surface area (Å²) < 4.78 is 16.4. The molecule has 1 aliphatic rings. The molecule has 0 radical (unpaired) electrons. The maximum atomic E-state index is 12.0. The van der Waals surface area contributed by atoms with Gasteiger partial charge in [0.05, 0.1) is 10.7 Å². The van der Waals surface area contributed by atoms with Gasteiger partial charge in [-0.15, -0.1) is 0 Å². The molecule has 0 spiro atoms. The first kappa shape index (κ1) is 15.5. The highest BCUT2D eigenvalue weighted by Crippen LogP contribution is 2.37. The highest BCUT2D eigenvalue weighted by atomic mass is 35.5. The van der Waals surface area contributed by atoms with Crippen molar-refractivity contribution in [3.8, 4) is 17.2 Å². The average Bonchev–Trinajstić information content (AvgIpc) is 2.54. The number of benzene rings is 2. The normalized spacial score (nSPS) is 12.6. The minimum atomic E-state index is -0.301. The molecular formula is C17H16ClNO4. The van der Waals surface area contributed by atoms with E-state index in [1.807, 2.05) is 25.1 Å². The van der Waals surface area contributed by atoms with Gasteiger partial charge in [-0.2, -0.15) is 0 Å². The molecule has 0 saturated carbocycles. The maximum Gasteiger partial charge on any atom is 0.262 e. The van der Waals surface area contributed by atoms with E-state index in [-0.39, 0.29) is 12.5 Å². The van der Waals surface area contributed by atoms with Crippen LogP contribution < -0.4 is 19.5 Å². The summed E-state index contributed by atoms with van der Waals surface area (Å²) in [6.45, 7) is 2.81. The lowest BCUT2D eigenvalue weighted by molar-refractivity contribution is -0.118. The van der Waals surface area contributed by atoms with Crippen LogP contribution in [0, 0.1) is 6.92 Å². The van der Waals surface area contributed by atoms with Crippen LogP contribution in [0.25, 0.3) is 0 Å². The molecule has 0 aromatic heterocycles. The van der Waals surface area contributed by atoms with Crippen molar-refractivity contribution in [1.82, 2.24) is 0 Å². The van der Waals surface area contributed by atoms with Gasteiger partial charge in [0.1, 0.15) is 19.0 Å². The molecule has 2 aromatic rings. The lowest BCUT2D eigenvalue weighted by atomic mass is 10.2. The molecule has 0 unspecified atom stereocenters. The van der Waals surface area contributed by atoms with Crippen LogP contribution in [0.5, 0.6) is 17.2 Å². The summed E-state index contributed by atoms with van der Waals surface area (Å²) in [5.74, 6) is 1.49. The summed E-state index contributed by atoms with van der Waals surface area (Å²) in [7, 11) is 0. The summed E-state index contributed by atoms with van der Waals surface area (Å²) in [5, 5.41) is 3.10. The highest BCUT2D eigenvalue weighted by Gasteiger charge is 2.16. The zero-order chi connectivity index (χ0) is 16.2. The number of ether oxygens (including phenoxy) is 3. The number of aryl methyl sites for hydroxylation is 1. The predicted octanol–water partition coefficient (Wildman–Crippen LogP) is 3.44. The molecule has 2 aromatic carbocycles. The van der Waals surface area contributed by atoms with E-state index < -0.39 is 0 Å². The molecule has 1 heterocycles. The summed E-state index contributed by atoms with van der Waals surface area (Å²) >= 11 is 6.15. The standard InChI is InChI=1S/C17H16ClNO4/c1-11-3-2-4-12(7-11)23-10-17(20)19-14-9-16-15(8-13(14)18)21-5-6-22-16/h2-4,7-9H,5-6,10H2,1H3,(H,19,20). The lowest BCUT2D eigenvalue weighted by Gasteiger charge is -2.20. The Balaban J connectivity index is 1.63. The van der Waals surface area contributed by atoms with Gasteiger partial charge in [-0.3, -0.25) is 4.79 Å². The first-order valence-electron chi connectivity index (χ1n) is 7.20. The maximum absolute atomic E-state index is 12.0. The lowest BCUT2D eigenvalue weighted by Crippen LogP contribution is -2.21. The van der Waals surface area contributed by atoms with Gasteiger partial charge in [0.25, 0.3) is 5.91 Å². The van der Waals surface area contributed by atoms with Gasteiger partial charge in [0.2, 0.25) is 0 Å². The van der Waals surface area contributed by atoms with Crippen LogP contribution in [0.2, 0.25) is 5.02 Å². The Labute approximate surface area is 139 Å². The molecule has 1 amide bonds. The summed E-state index contributed by atoms with van der Waals surface area (Å²) in [6.07, 6.45) is 0. The Kier molecular flexibility index (Phi) is 4.57. The minimum absolute atomic E-state index is 0.103. The zero-order valence-corrected chi connectivity index (χ0v) is 13.4. The number of rotatable bonds is 4. The SMILES string of the molecule is Cc1cccc(OCC(=O)Nc2cc3c(cc2Cl)OCCO3)c1. The minimum Gasteiger partial charge on any atom is -0.486 e. The van der Waals surface area contributed by atoms with E-state index in [1.54, 1.807) is 18.2 Å². The number of carbonyl (C=O) groups is 1. The van der Waals surface area contributed by atoms with Gasteiger partial charge in [0, 0.05) is 12.1 Å². The molecule has 1 N–H and O–H groups in total. The second-order valence-electron chi connectivity index (χ2n) is 5.13. The topological polar surface area (TPSA) is 56.8 Å². The number of carbonyl (C=O) groups excluding carboxylic acids is 1. The summed E-state index contributed by atoms with van der Waals surface area (Å²) in [6, 6.07) is 10.8. The van der Waals surface area contributed by atoms with Crippen molar-refractivity contribution in [2.75, 3.05) is 25.1 Å². The van der Waals surface area contributed by atoms with Gasteiger partial charge in [0.15, 0.2) is 18.1 Å². The Hall–Kier alpha value is -2.40. The van der Waals surface area contributed by atoms with Gasteiger partial charge in [-0.05, 0) is 24.6 Å². The van der Waals surface area contributed by atoms with E-state index in [0.29, 0.717) is 41.2 Å². The van der Waals surface area contributed by atoms with E-state index >= 15 is 0 Å². The van der Waals surface area contributed by atoms with Crippen LogP contribution in [0.3, 0.4) is 0 Å². The molecule has 1 aliphatic heterocycles. The number of amides is 1. The number of hydrogen-bond donors (Lipinski definition) is 1. The Morgan fingerprint density at radius 1 is 1.22 bits per heavy atom. The van der Waals surface area contributed by atoms with Crippen molar-refractivity contribution < 1.29 is 19.0 Å². The van der Waals surface area contributed by atoms with Gasteiger partial charge < -0.3 is 19.5 Å². The van der Waals surface area contributed by atoms with E-state index in [2.05, 4.69) is 5.32 Å². The van der Waals surface area contributed by atoms with E-state index in [9.17, 15) is 4.79 Å². The molecule has 120 valence electrons. The highest BCUT2D eigenvalue weighted by molar-refractivity contribution is 6.34. The Bertz CT molecular complexity index is 733. The summed E-state index contributed by atoms with van der Waals surface area (Å²) in [5.41, 5.74) is 1.53. The third kappa shape index (κ3) is 3.87. The second kappa shape index (κ2) is 6.79. The van der Waals surface area contributed by atoms with Crippen LogP contribution in [-0.2, 0) is 4.79 Å². The van der Waals surface area contributed by atoms with E-state index in [4.69, 9.17) is 25.8 Å². The fourth-order valence-corrected chi connectivity index (χ4v) is 2.40. The number of fused-ring (bicyclic) bond motifs is 1. The quantitative estimate of drug-likeness (QED) is 0.931. The molecule has 5 nitrogen and oxygen atoms in total. The molecule has 0 fully saturated rings. The third-order valence-corrected chi connectivity index (χ3v) is 3.58. The fraction of sp³-hybridized carbons (Fsp3) is 0.235. The molecule has 0 aliphatic carbocycles. The summed E-state index contributed by atoms with van der Waals surface area (Å²) in [4.78, 5) is 12.0. The van der Waals surface area contributed by atoms with Crippen molar-refractivity contribution in [3.05, 3.63) is 47.0 Å². The molecule has 3 rings (SSSR count). The zero-order valence-electron chi connectivity index (χ0n) is 12.6. The van der Waals surface area contributed by atoms with Crippen LogP contribution in [0.4, 0.5) is 5.69 Å². The first-order chi connectivity index (χ1) is 11.1. The van der Waals surface area contributed by atoms with Crippen molar-refractivity contribution >= 4 is 23.2 Å². The number of hydrogen-bond acceptors (Lipinski definition) is 4. The Morgan fingerprint density at radius 3 is 2.70 bits per heavy atom. The van der Waals surface area contributed by atoms with Crippen LogP contribution in [0.15, 0.2) is 36.4 Å². The van der Waals surface area contributed by atoms with Crippen LogP contribution in [-0.4, -0.2) is 25.7 Å². The van der Waals surface area contributed by atoms with Gasteiger partial charge >= 0.3 is 0 Å². The predicted molar refractivity (Wildman–Crippen MR) is 87.7 cm³/mol. The molecular weight excluding hydrogens is 318 g/mol. The molecule has 23 heavy (non-hydrogen) atoms. The monoisotopic (exact) mass is 333 g/mol. The molecule has 0 atom stereocenters. The largest absolute Gasteiger partial charge is 0.486 e. The van der Waals surface area contributed by atoms with Crippen molar-refractivity contribution in [2.45, 2.75) is 6.92 Å². The first-order valence-corrected chi connectivity index (χ1v) is 7.58. The van der Waals surface area contributed by atoms with Gasteiger partial charge in [-0.25, -0.2) is 0 Å². The molecule has 6 heteroatoms. The number of nitrogens with one attached hydrogen (secondary N) is 1. The third-order valence-electron chi connectivity index (χ3n) is 3.27. The fourth-order valence-electron chi connectivity index (χ4n) is 2.20. The van der Waals surface area contributed by atoms with Crippen LogP contribution in [0.1, 0.15) is 5.56 Å². The van der Waals surface area contributed by atoms with E-state index in [1.165, 1.54) is 0 Å². The van der Waals surface area contributed by atoms with Crippen molar-refractivity contribution in [2.24, 2.45) is 0 Å². The number of anilines is 1. The molecule has 0 bridgehead atoms. The van der Waals surface area contributed by atoms with Crippen LogP contribution >= 0.6 is 11.6 Å². The van der Waals surface area contributed by atoms with Gasteiger partial charge in [-0.1, -0.05) is 23.7 Å². The Morgan fingerprint density at radius 2 is 1.96 bits per heavy atom. The second-order valence-corrected chi connectivity index (χ2v) is 5.54. The smallest absolute Gasteiger partial charge is 0.262 e. The van der Waals surface area contributed by atoms with Crippen molar-refractivity contribution in [3.63, 3.8) is 0 Å².